The Balaban J connectivity index is 2.37. The van der Waals surface area contributed by atoms with Crippen molar-refractivity contribution in [2.75, 3.05) is 27.4 Å². The minimum absolute atomic E-state index is 0.364. The fraction of sp³-hybridized carbons (Fsp3) is 0.538. The van der Waals surface area contributed by atoms with Crippen LogP contribution in [0, 0.1) is 0 Å². The number of hydrogen-bond donors (Lipinski definition) is 1. The standard InChI is InChI=1S/C13H21NO2/c1-11(14-9-4-10-15-2)12-5-7-13(16-3)8-6-12/h5-8,11,14H,4,9-10H2,1-3H3/t11-/m1/s1. The maximum absolute atomic E-state index is 5.13. The molecular formula is C13H21NO2. The van der Waals surface area contributed by atoms with Gasteiger partial charge < -0.3 is 14.8 Å². The summed E-state index contributed by atoms with van der Waals surface area (Å²) in [5, 5.41) is 3.45. The highest BCUT2D eigenvalue weighted by molar-refractivity contribution is 5.28. The molecule has 3 nitrogen and oxygen atoms in total. The van der Waals surface area contributed by atoms with E-state index in [2.05, 4.69) is 24.4 Å². The van der Waals surface area contributed by atoms with Crippen LogP contribution >= 0.6 is 0 Å². The second-order valence-corrected chi connectivity index (χ2v) is 3.80. The fourth-order valence-electron chi connectivity index (χ4n) is 1.55. The normalized spacial score (nSPS) is 12.4. The predicted molar refractivity (Wildman–Crippen MR) is 65.9 cm³/mol. The molecule has 90 valence electrons. The van der Waals surface area contributed by atoms with Crippen molar-refractivity contribution in [3.63, 3.8) is 0 Å². The van der Waals surface area contributed by atoms with Crippen LogP contribution in [0.3, 0.4) is 0 Å². The summed E-state index contributed by atoms with van der Waals surface area (Å²) in [7, 11) is 3.41. The molecule has 0 aliphatic rings. The lowest BCUT2D eigenvalue weighted by atomic mass is 10.1. The summed E-state index contributed by atoms with van der Waals surface area (Å²) >= 11 is 0. The quantitative estimate of drug-likeness (QED) is 0.720. The lowest BCUT2D eigenvalue weighted by Crippen LogP contribution is -2.20. The summed E-state index contributed by atoms with van der Waals surface area (Å²) in [6.45, 7) is 3.94. The number of methoxy groups -OCH3 is 2. The summed E-state index contributed by atoms with van der Waals surface area (Å²) < 4.78 is 10.1. The Bertz CT molecular complexity index is 284. The third kappa shape index (κ3) is 4.21. The van der Waals surface area contributed by atoms with Gasteiger partial charge in [-0.3, -0.25) is 0 Å². The lowest BCUT2D eigenvalue weighted by Gasteiger charge is -2.14. The molecule has 0 bridgehead atoms. The van der Waals surface area contributed by atoms with E-state index in [0.717, 1.165) is 25.3 Å². The summed E-state index contributed by atoms with van der Waals surface area (Å²) in [5.41, 5.74) is 1.28. The van der Waals surface area contributed by atoms with Crippen molar-refractivity contribution < 1.29 is 9.47 Å². The summed E-state index contributed by atoms with van der Waals surface area (Å²) in [5.74, 6) is 0.898. The van der Waals surface area contributed by atoms with Gasteiger partial charge in [-0.05, 0) is 37.6 Å². The van der Waals surface area contributed by atoms with Gasteiger partial charge in [-0.15, -0.1) is 0 Å². The SMILES string of the molecule is COCCCN[C@H](C)c1ccc(OC)cc1. The molecule has 0 heterocycles. The maximum atomic E-state index is 5.13. The molecule has 0 aliphatic heterocycles. The summed E-state index contributed by atoms with van der Waals surface area (Å²) in [4.78, 5) is 0. The lowest BCUT2D eigenvalue weighted by molar-refractivity contribution is 0.193. The average molecular weight is 223 g/mol. The second kappa shape index (κ2) is 7.25. The molecular weight excluding hydrogens is 202 g/mol. The van der Waals surface area contributed by atoms with Crippen LogP contribution in [0.4, 0.5) is 0 Å². The van der Waals surface area contributed by atoms with Crippen LogP contribution in [0.15, 0.2) is 24.3 Å². The first-order chi connectivity index (χ1) is 7.77. The van der Waals surface area contributed by atoms with Crippen molar-refractivity contribution >= 4 is 0 Å². The van der Waals surface area contributed by atoms with Crippen molar-refractivity contribution in [1.29, 1.82) is 0 Å². The van der Waals surface area contributed by atoms with Gasteiger partial charge in [0.25, 0.3) is 0 Å². The molecule has 0 aromatic heterocycles. The topological polar surface area (TPSA) is 30.5 Å². The molecule has 1 aromatic rings. The fourth-order valence-corrected chi connectivity index (χ4v) is 1.55. The van der Waals surface area contributed by atoms with Crippen LogP contribution < -0.4 is 10.1 Å². The number of hydrogen-bond acceptors (Lipinski definition) is 3. The molecule has 0 saturated heterocycles. The molecule has 1 aromatic carbocycles. The first-order valence-electron chi connectivity index (χ1n) is 5.64. The third-order valence-corrected chi connectivity index (χ3v) is 2.59. The zero-order valence-corrected chi connectivity index (χ0v) is 10.3. The van der Waals surface area contributed by atoms with Gasteiger partial charge >= 0.3 is 0 Å². The zero-order chi connectivity index (χ0) is 11.8. The number of rotatable bonds is 7. The van der Waals surface area contributed by atoms with Crippen molar-refractivity contribution in [2.24, 2.45) is 0 Å². The molecule has 1 N–H and O–H groups in total. The first kappa shape index (κ1) is 13.0. The second-order valence-electron chi connectivity index (χ2n) is 3.80. The van der Waals surface area contributed by atoms with E-state index in [0.29, 0.717) is 6.04 Å². The highest BCUT2D eigenvalue weighted by Crippen LogP contribution is 2.16. The molecule has 0 saturated carbocycles. The average Bonchev–Trinajstić information content (AvgIpc) is 2.34. The molecule has 0 aliphatic carbocycles. The highest BCUT2D eigenvalue weighted by Gasteiger charge is 2.03. The maximum Gasteiger partial charge on any atom is 0.118 e. The molecule has 1 atom stereocenters. The van der Waals surface area contributed by atoms with Gasteiger partial charge in [-0.1, -0.05) is 12.1 Å². The van der Waals surface area contributed by atoms with Crippen LogP contribution in [-0.2, 0) is 4.74 Å². The molecule has 3 heteroatoms. The van der Waals surface area contributed by atoms with E-state index in [4.69, 9.17) is 9.47 Å². The molecule has 1 rings (SSSR count). The van der Waals surface area contributed by atoms with E-state index in [1.54, 1.807) is 14.2 Å². The summed E-state index contributed by atoms with van der Waals surface area (Å²) in [6.07, 6.45) is 1.04. The molecule has 16 heavy (non-hydrogen) atoms. The van der Waals surface area contributed by atoms with Crippen molar-refractivity contribution in [1.82, 2.24) is 5.32 Å². The van der Waals surface area contributed by atoms with E-state index in [1.807, 2.05) is 12.1 Å². The first-order valence-corrected chi connectivity index (χ1v) is 5.64. The number of nitrogens with one attached hydrogen (secondary N) is 1. The molecule has 0 spiro atoms. The van der Waals surface area contributed by atoms with Crippen molar-refractivity contribution in [3.05, 3.63) is 29.8 Å². The minimum Gasteiger partial charge on any atom is -0.497 e. The van der Waals surface area contributed by atoms with Gasteiger partial charge in [0.1, 0.15) is 5.75 Å². The zero-order valence-electron chi connectivity index (χ0n) is 10.3. The third-order valence-electron chi connectivity index (χ3n) is 2.59. The Morgan fingerprint density at radius 2 is 1.88 bits per heavy atom. The van der Waals surface area contributed by atoms with Crippen LogP contribution in [0.5, 0.6) is 5.75 Å². The Hall–Kier alpha value is -1.06. The van der Waals surface area contributed by atoms with Gasteiger partial charge in [0, 0.05) is 19.8 Å². The van der Waals surface area contributed by atoms with Gasteiger partial charge in [0.05, 0.1) is 7.11 Å². The predicted octanol–water partition coefficient (Wildman–Crippen LogP) is 2.38. The minimum atomic E-state index is 0.364. The number of ether oxygens (including phenoxy) is 2. The van der Waals surface area contributed by atoms with Crippen LogP contribution in [0.25, 0.3) is 0 Å². The molecule has 0 amide bonds. The molecule has 0 unspecified atom stereocenters. The van der Waals surface area contributed by atoms with Gasteiger partial charge in [0.2, 0.25) is 0 Å². The van der Waals surface area contributed by atoms with Crippen LogP contribution in [-0.4, -0.2) is 27.4 Å². The van der Waals surface area contributed by atoms with Gasteiger partial charge in [-0.25, -0.2) is 0 Å². The van der Waals surface area contributed by atoms with Gasteiger partial charge in [-0.2, -0.15) is 0 Å². The van der Waals surface area contributed by atoms with Crippen molar-refractivity contribution in [3.8, 4) is 5.75 Å². The van der Waals surface area contributed by atoms with E-state index < -0.39 is 0 Å². The Morgan fingerprint density at radius 1 is 1.19 bits per heavy atom. The van der Waals surface area contributed by atoms with Crippen LogP contribution in [0.1, 0.15) is 24.9 Å². The Kier molecular flexibility index (Phi) is 5.90. The van der Waals surface area contributed by atoms with Crippen LogP contribution in [0.2, 0.25) is 0 Å². The number of benzene rings is 1. The van der Waals surface area contributed by atoms with E-state index >= 15 is 0 Å². The Labute approximate surface area is 97.8 Å². The van der Waals surface area contributed by atoms with Gasteiger partial charge in [0.15, 0.2) is 0 Å². The largest absolute Gasteiger partial charge is 0.497 e. The molecule has 0 fully saturated rings. The monoisotopic (exact) mass is 223 g/mol. The summed E-state index contributed by atoms with van der Waals surface area (Å²) in [6, 6.07) is 8.52. The van der Waals surface area contributed by atoms with Crippen molar-refractivity contribution in [2.45, 2.75) is 19.4 Å². The smallest absolute Gasteiger partial charge is 0.118 e. The molecule has 0 radical (unpaired) electrons. The van der Waals surface area contributed by atoms with E-state index in [1.165, 1.54) is 5.56 Å². The highest BCUT2D eigenvalue weighted by atomic mass is 16.5. The van der Waals surface area contributed by atoms with E-state index in [-0.39, 0.29) is 0 Å². The van der Waals surface area contributed by atoms with E-state index in [9.17, 15) is 0 Å². The Morgan fingerprint density at radius 3 is 2.44 bits per heavy atom.